The van der Waals surface area contributed by atoms with Gasteiger partial charge in [0.15, 0.2) is 0 Å². The molecule has 0 aromatic heterocycles. The van der Waals surface area contributed by atoms with E-state index in [4.69, 9.17) is 9.47 Å². The number of rotatable bonds is 2. The van der Waals surface area contributed by atoms with Crippen LogP contribution in [0.1, 0.15) is 43.7 Å². The van der Waals surface area contributed by atoms with Crippen LogP contribution in [-0.2, 0) is 5.41 Å². The summed E-state index contributed by atoms with van der Waals surface area (Å²) in [4.78, 5) is 7.66. The lowest BCUT2D eigenvalue weighted by atomic mass is 9.33. The third-order valence-electron chi connectivity index (χ3n) is 12.3. The Kier molecular flexibility index (Phi) is 5.20. The summed E-state index contributed by atoms with van der Waals surface area (Å²) in [6.07, 6.45) is 26.6. The predicted molar refractivity (Wildman–Crippen MR) is 205 cm³/mol. The summed E-state index contributed by atoms with van der Waals surface area (Å²) < 4.78 is 14.0. The average Bonchev–Trinajstić information content (AvgIpc) is 3.62. The van der Waals surface area contributed by atoms with Gasteiger partial charge in [-0.15, -0.1) is 0 Å². The topological polar surface area (TPSA) is 24.9 Å². The fraction of sp³-hybridized carbons (Fsp3) is 0.182. The van der Waals surface area contributed by atoms with Gasteiger partial charge in [-0.05, 0) is 97.7 Å². The van der Waals surface area contributed by atoms with Crippen molar-refractivity contribution in [3.8, 4) is 11.5 Å². The molecule has 0 radical (unpaired) electrons. The lowest BCUT2D eigenvalue weighted by Gasteiger charge is -2.48. The Bertz CT molecular complexity index is 2440. The second-order valence-corrected chi connectivity index (χ2v) is 16.1. The van der Waals surface area contributed by atoms with E-state index in [-0.39, 0.29) is 24.1 Å². The highest BCUT2D eigenvalue weighted by Gasteiger charge is 2.56. The van der Waals surface area contributed by atoms with Crippen molar-refractivity contribution < 1.29 is 9.47 Å². The molecule has 4 unspecified atom stereocenters. The molecule has 4 atom stereocenters. The molecule has 50 heavy (non-hydrogen) atoms. The molecule has 5 aliphatic heterocycles. The highest BCUT2D eigenvalue weighted by molar-refractivity contribution is 8.00. The van der Waals surface area contributed by atoms with Crippen molar-refractivity contribution in [1.82, 2.24) is 0 Å². The Balaban J connectivity index is 1.23. The zero-order valence-corrected chi connectivity index (χ0v) is 28.7. The number of nitrogens with zero attached hydrogens (tertiary/aromatic N) is 2. The maximum atomic E-state index is 7.11. The van der Waals surface area contributed by atoms with Crippen molar-refractivity contribution in [2.75, 3.05) is 9.80 Å². The molecule has 3 aliphatic carbocycles. The van der Waals surface area contributed by atoms with Crippen molar-refractivity contribution >= 4 is 63.3 Å². The number of hydrogen-bond acceptors (Lipinski definition) is 5. The highest BCUT2D eigenvalue weighted by Crippen LogP contribution is 2.60. The fourth-order valence-corrected chi connectivity index (χ4v) is 11.3. The van der Waals surface area contributed by atoms with Crippen LogP contribution in [0.15, 0.2) is 143 Å². The molecule has 4 aromatic carbocycles. The Morgan fingerprint density at radius 2 is 1.66 bits per heavy atom. The summed E-state index contributed by atoms with van der Waals surface area (Å²) in [5.41, 5.74) is 13.6. The third-order valence-corrected chi connectivity index (χ3v) is 13.4. The van der Waals surface area contributed by atoms with Crippen LogP contribution in [0.5, 0.6) is 11.5 Å². The van der Waals surface area contributed by atoms with Crippen LogP contribution in [0.4, 0.5) is 28.4 Å². The number of benzene rings is 4. The van der Waals surface area contributed by atoms with Crippen LogP contribution in [0.3, 0.4) is 0 Å². The fourth-order valence-electron chi connectivity index (χ4n) is 10.0. The van der Waals surface area contributed by atoms with Crippen molar-refractivity contribution in [1.29, 1.82) is 0 Å². The quantitative estimate of drug-likeness (QED) is 0.173. The second-order valence-electron chi connectivity index (χ2n) is 15.0. The normalized spacial score (nSPS) is 27.2. The van der Waals surface area contributed by atoms with Gasteiger partial charge < -0.3 is 19.3 Å². The van der Waals surface area contributed by atoms with Crippen LogP contribution < -0.4 is 35.7 Å². The molecule has 5 heterocycles. The SMILES string of the molecule is CC12C=CC=CC1c1cc3c4c(c1O2)Sc1cc2c(c5c1B4c1c(cccc1N5c1ccccc1)N3C1=CC=CCC1)C1(C)C=CC=CC1O2. The van der Waals surface area contributed by atoms with E-state index >= 15 is 0 Å². The van der Waals surface area contributed by atoms with Crippen LogP contribution in [0.25, 0.3) is 0 Å². The summed E-state index contributed by atoms with van der Waals surface area (Å²) in [5.74, 6) is 2.18. The van der Waals surface area contributed by atoms with E-state index < -0.39 is 5.60 Å². The molecule has 4 aromatic rings. The van der Waals surface area contributed by atoms with Crippen molar-refractivity contribution in [2.24, 2.45) is 0 Å². The maximum absolute atomic E-state index is 7.11. The van der Waals surface area contributed by atoms with Crippen molar-refractivity contribution in [3.05, 3.63) is 144 Å². The first-order valence-electron chi connectivity index (χ1n) is 17.9. The molecular weight excluding hydrogens is 631 g/mol. The zero-order chi connectivity index (χ0) is 32.9. The van der Waals surface area contributed by atoms with Gasteiger partial charge in [-0.25, -0.2) is 0 Å². The zero-order valence-electron chi connectivity index (χ0n) is 27.9. The summed E-state index contributed by atoms with van der Waals surface area (Å²) in [7, 11) is 0. The lowest BCUT2D eigenvalue weighted by molar-refractivity contribution is 0.152. The van der Waals surface area contributed by atoms with E-state index in [1.54, 1.807) is 0 Å². The van der Waals surface area contributed by atoms with Gasteiger partial charge in [0.05, 0.1) is 16.0 Å². The number of ether oxygens (including phenoxy) is 2. The van der Waals surface area contributed by atoms with Gasteiger partial charge in [0.1, 0.15) is 23.2 Å². The molecule has 6 heteroatoms. The van der Waals surface area contributed by atoms with Crippen LogP contribution >= 0.6 is 11.8 Å². The molecule has 0 bridgehead atoms. The van der Waals surface area contributed by atoms with Crippen molar-refractivity contribution in [3.63, 3.8) is 0 Å². The molecule has 0 fully saturated rings. The smallest absolute Gasteiger partial charge is 0.255 e. The molecular formula is C44H33BN2O2S. The van der Waals surface area contributed by atoms with Gasteiger partial charge in [0, 0.05) is 50.4 Å². The van der Waals surface area contributed by atoms with E-state index in [0.717, 1.165) is 30.0 Å². The molecule has 240 valence electrons. The van der Waals surface area contributed by atoms with E-state index in [1.807, 2.05) is 11.8 Å². The van der Waals surface area contributed by atoms with Crippen LogP contribution in [0.2, 0.25) is 0 Å². The minimum Gasteiger partial charge on any atom is -0.485 e. The van der Waals surface area contributed by atoms with Gasteiger partial charge in [0.2, 0.25) is 0 Å². The first-order chi connectivity index (χ1) is 24.5. The highest BCUT2D eigenvalue weighted by atomic mass is 32.2. The minimum atomic E-state index is -0.417. The first-order valence-corrected chi connectivity index (χ1v) is 18.7. The van der Waals surface area contributed by atoms with Gasteiger partial charge >= 0.3 is 0 Å². The molecule has 0 N–H and O–H groups in total. The minimum absolute atomic E-state index is 0.0554. The van der Waals surface area contributed by atoms with Gasteiger partial charge in [-0.3, -0.25) is 0 Å². The molecule has 0 spiro atoms. The summed E-state index contributed by atoms with van der Waals surface area (Å²) in [5, 5.41) is 0. The standard InChI is InChI=1S/C44H33BN2O2S/c1-43-22-11-10-21-35(43)48-33-25-34-39-40(36(33)43)47(27-16-7-4-8-17-27)31-20-13-19-30-37(31)45(39)38-32(46(30)26-14-5-3-6-15-26)24-28-29-18-9-12-23-44(29,2)49-41(28)42(38)50-34/h3-5,7-14,16-25,29,35H,6,15H2,1-2H3. The average molecular weight is 665 g/mol. The summed E-state index contributed by atoms with van der Waals surface area (Å²) >= 11 is 1.89. The van der Waals surface area contributed by atoms with Gasteiger partial charge in [-0.2, -0.15) is 0 Å². The Morgan fingerprint density at radius 1 is 0.820 bits per heavy atom. The number of anilines is 5. The maximum Gasteiger partial charge on any atom is 0.255 e. The monoisotopic (exact) mass is 664 g/mol. The molecule has 0 saturated carbocycles. The van der Waals surface area contributed by atoms with E-state index in [9.17, 15) is 0 Å². The van der Waals surface area contributed by atoms with Crippen LogP contribution in [-0.4, -0.2) is 18.4 Å². The molecule has 8 aliphatic rings. The third kappa shape index (κ3) is 3.27. The number of allylic oxidation sites excluding steroid dienone is 8. The van der Waals surface area contributed by atoms with Crippen LogP contribution in [0, 0.1) is 0 Å². The largest absolute Gasteiger partial charge is 0.485 e. The Morgan fingerprint density at radius 3 is 2.52 bits per heavy atom. The van der Waals surface area contributed by atoms with Gasteiger partial charge in [-0.1, -0.05) is 84.6 Å². The molecule has 0 saturated heterocycles. The van der Waals surface area contributed by atoms with E-state index in [2.05, 4.69) is 151 Å². The predicted octanol–water partition coefficient (Wildman–Crippen LogP) is 8.64. The summed E-state index contributed by atoms with van der Waals surface area (Å²) in [6, 6.07) is 22.8. The number of fused-ring (bicyclic) bond motifs is 8. The van der Waals surface area contributed by atoms with E-state index in [0.29, 0.717) is 0 Å². The molecule has 0 amide bonds. The van der Waals surface area contributed by atoms with E-state index in [1.165, 1.54) is 65.8 Å². The first kappa shape index (κ1) is 27.7. The molecule has 4 nitrogen and oxygen atoms in total. The Labute approximate surface area is 296 Å². The molecule has 12 rings (SSSR count). The second kappa shape index (κ2) is 9.38. The van der Waals surface area contributed by atoms with Gasteiger partial charge in [0.25, 0.3) is 6.71 Å². The number of para-hydroxylation sites is 1. The number of hydrogen-bond donors (Lipinski definition) is 0. The Hall–Kier alpha value is -5.07. The van der Waals surface area contributed by atoms with Crippen molar-refractivity contribution in [2.45, 2.75) is 59.5 Å². The summed E-state index contributed by atoms with van der Waals surface area (Å²) in [6.45, 7) is 4.65. The lowest BCUT2D eigenvalue weighted by Crippen LogP contribution is -2.64.